The van der Waals surface area contributed by atoms with E-state index in [0.717, 1.165) is 18.2 Å². The molecule has 0 saturated carbocycles. The van der Waals surface area contributed by atoms with Gasteiger partial charge in [0.2, 0.25) is 0 Å². The van der Waals surface area contributed by atoms with Gasteiger partial charge in [-0.25, -0.2) is 8.78 Å². The lowest BCUT2D eigenvalue weighted by Crippen LogP contribution is -2.43. The number of oxime groups is 1. The standard InChI is InChI=1S/C16H8BrCl2F5N2O/c17-9-5-8(1-2-12(9)20)25-13-6-15(27-26-13,16(22,23)24)7-3-10(18)14(21)11(19)4-7/h1-5H,6H2,(H,25,26). The molecule has 27 heavy (non-hydrogen) atoms. The van der Waals surface area contributed by atoms with E-state index in [1.54, 1.807) is 0 Å². The fourth-order valence-electron chi connectivity index (χ4n) is 2.50. The molecule has 3 nitrogen and oxygen atoms in total. The van der Waals surface area contributed by atoms with Crippen molar-refractivity contribution in [2.24, 2.45) is 5.16 Å². The maximum atomic E-state index is 13.8. The van der Waals surface area contributed by atoms with E-state index >= 15 is 0 Å². The normalized spacial score (nSPS) is 19.6. The van der Waals surface area contributed by atoms with E-state index in [1.165, 1.54) is 12.1 Å². The molecule has 0 aliphatic carbocycles. The summed E-state index contributed by atoms with van der Waals surface area (Å²) in [5.41, 5.74) is -3.10. The van der Waals surface area contributed by atoms with Gasteiger partial charge in [-0.3, -0.25) is 0 Å². The molecule has 11 heteroatoms. The van der Waals surface area contributed by atoms with Crippen LogP contribution in [0.4, 0.5) is 27.6 Å². The molecule has 1 heterocycles. The summed E-state index contributed by atoms with van der Waals surface area (Å²) < 4.78 is 68.5. The van der Waals surface area contributed by atoms with Crippen molar-refractivity contribution in [2.75, 3.05) is 5.32 Å². The maximum Gasteiger partial charge on any atom is 0.435 e. The predicted octanol–water partition coefficient (Wildman–Crippen LogP) is 6.64. The summed E-state index contributed by atoms with van der Waals surface area (Å²) in [7, 11) is 0. The van der Waals surface area contributed by atoms with Crippen LogP contribution < -0.4 is 5.32 Å². The van der Waals surface area contributed by atoms with Crippen molar-refractivity contribution < 1.29 is 26.8 Å². The van der Waals surface area contributed by atoms with E-state index in [2.05, 4.69) is 26.4 Å². The van der Waals surface area contributed by atoms with Crippen LogP contribution in [-0.4, -0.2) is 12.0 Å². The first-order chi connectivity index (χ1) is 12.5. The van der Waals surface area contributed by atoms with Crippen LogP contribution in [0.3, 0.4) is 0 Å². The van der Waals surface area contributed by atoms with Crippen molar-refractivity contribution >= 4 is 50.7 Å². The zero-order valence-corrected chi connectivity index (χ0v) is 16.1. The molecule has 144 valence electrons. The lowest BCUT2D eigenvalue weighted by atomic mass is 9.89. The second kappa shape index (κ2) is 7.10. The molecular weight excluding hydrogens is 482 g/mol. The quantitative estimate of drug-likeness (QED) is 0.379. The zero-order chi connectivity index (χ0) is 20.0. The molecular formula is C16H8BrCl2F5N2O. The number of hydrogen-bond donors (Lipinski definition) is 1. The Balaban J connectivity index is 1.94. The van der Waals surface area contributed by atoms with Gasteiger partial charge in [-0.1, -0.05) is 28.4 Å². The smallest absolute Gasteiger partial charge is 0.372 e. The number of hydrogen-bond acceptors (Lipinski definition) is 3. The molecule has 0 radical (unpaired) electrons. The Labute approximate surface area is 168 Å². The average Bonchev–Trinajstić information content (AvgIpc) is 3.00. The summed E-state index contributed by atoms with van der Waals surface area (Å²) in [4.78, 5) is 4.75. The van der Waals surface area contributed by atoms with Gasteiger partial charge in [0.25, 0.3) is 5.60 Å². The average molecular weight is 490 g/mol. The Morgan fingerprint density at radius 3 is 2.30 bits per heavy atom. The van der Waals surface area contributed by atoms with Crippen LogP contribution >= 0.6 is 39.1 Å². The number of halogens is 8. The molecule has 1 atom stereocenters. The van der Waals surface area contributed by atoms with Crippen molar-refractivity contribution in [3.63, 3.8) is 0 Å². The number of alkyl halides is 3. The maximum absolute atomic E-state index is 13.8. The molecule has 2 aromatic carbocycles. The summed E-state index contributed by atoms with van der Waals surface area (Å²) >= 11 is 14.2. The minimum Gasteiger partial charge on any atom is -0.372 e. The third-order valence-corrected chi connectivity index (χ3v) is 5.00. The Bertz CT molecular complexity index is 915. The highest BCUT2D eigenvalue weighted by atomic mass is 79.9. The van der Waals surface area contributed by atoms with Gasteiger partial charge in [0, 0.05) is 11.3 Å². The molecule has 0 spiro atoms. The minimum absolute atomic E-state index is 0.117. The SMILES string of the molecule is Fc1ccc(NC2=NOC(c3cc(Cl)c(F)c(Cl)c3)(C(F)(F)F)C2)cc1Br. The summed E-state index contributed by atoms with van der Waals surface area (Å²) in [6.07, 6.45) is -5.66. The minimum atomic E-state index is -4.91. The highest BCUT2D eigenvalue weighted by Gasteiger charge is 2.62. The first-order valence-corrected chi connectivity index (χ1v) is 8.77. The summed E-state index contributed by atoms with van der Waals surface area (Å²) in [5.74, 6) is -1.74. The lowest BCUT2D eigenvalue weighted by molar-refractivity contribution is -0.275. The van der Waals surface area contributed by atoms with Gasteiger partial charge >= 0.3 is 6.18 Å². The van der Waals surface area contributed by atoms with Crippen LogP contribution in [0.1, 0.15) is 12.0 Å². The van der Waals surface area contributed by atoms with Crippen molar-refractivity contribution in [1.29, 1.82) is 0 Å². The van der Waals surface area contributed by atoms with Crippen molar-refractivity contribution in [3.05, 3.63) is 62.0 Å². The van der Waals surface area contributed by atoms with E-state index in [0.29, 0.717) is 5.69 Å². The summed E-state index contributed by atoms with van der Waals surface area (Å²) in [5, 5.41) is 4.94. The van der Waals surface area contributed by atoms with Gasteiger partial charge in [-0.2, -0.15) is 13.2 Å². The van der Waals surface area contributed by atoms with Gasteiger partial charge in [0.15, 0.2) is 11.7 Å². The number of benzene rings is 2. The molecule has 2 aromatic rings. The number of nitrogens with one attached hydrogen (secondary N) is 1. The Kier molecular flexibility index (Phi) is 5.31. The number of amidine groups is 1. The van der Waals surface area contributed by atoms with Crippen molar-refractivity contribution in [3.8, 4) is 0 Å². The van der Waals surface area contributed by atoms with Gasteiger partial charge < -0.3 is 10.2 Å². The van der Waals surface area contributed by atoms with E-state index in [9.17, 15) is 22.0 Å². The van der Waals surface area contributed by atoms with Crippen molar-refractivity contribution in [1.82, 2.24) is 0 Å². The van der Waals surface area contributed by atoms with Crippen LogP contribution in [0, 0.1) is 11.6 Å². The fourth-order valence-corrected chi connectivity index (χ4v) is 3.37. The number of rotatable bonds is 2. The van der Waals surface area contributed by atoms with E-state index in [1.807, 2.05) is 0 Å². The molecule has 0 saturated heterocycles. The highest BCUT2D eigenvalue weighted by Crippen LogP contribution is 2.49. The first-order valence-electron chi connectivity index (χ1n) is 7.22. The molecule has 3 rings (SSSR count). The number of anilines is 1. The third-order valence-electron chi connectivity index (χ3n) is 3.84. The molecule has 1 aliphatic rings. The molecule has 1 N–H and O–H groups in total. The van der Waals surface area contributed by atoms with E-state index in [-0.39, 0.29) is 10.3 Å². The molecule has 0 fully saturated rings. The molecule has 1 unspecified atom stereocenters. The van der Waals surface area contributed by atoms with Gasteiger partial charge in [-0.05, 0) is 46.3 Å². The van der Waals surface area contributed by atoms with Crippen LogP contribution in [0.15, 0.2) is 40.0 Å². The Morgan fingerprint density at radius 1 is 1.11 bits per heavy atom. The van der Waals surface area contributed by atoms with Gasteiger partial charge in [0.1, 0.15) is 5.82 Å². The molecule has 1 aliphatic heterocycles. The Hall–Kier alpha value is -1.58. The third kappa shape index (κ3) is 3.72. The van der Waals surface area contributed by atoms with Crippen LogP contribution in [0.2, 0.25) is 10.0 Å². The van der Waals surface area contributed by atoms with Crippen molar-refractivity contribution in [2.45, 2.75) is 18.2 Å². The zero-order valence-electron chi connectivity index (χ0n) is 13.0. The summed E-state index contributed by atoms with van der Waals surface area (Å²) in [6, 6.07) is 5.37. The first kappa shape index (κ1) is 20.2. The largest absolute Gasteiger partial charge is 0.435 e. The van der Waals surface area contributed by atoms with Gasteiger partial charge in [0.05, 0.1) is 20.9 Å². The summed E-state index contributed by atoms with van der Waals surface area (Å²) in [6.45, 7) is 0. The van der Waals surface area contributed by atoms with Gasteiger partial charge in [-0.15, -0.1) is 0 Å². The van der Waals surface area contributed by atoms with Crippen LogP contribution in [0.25, 0.3) is 0 Å². The van der Waals surface area contributed by atoms with E-state index < -0.39 is 45.4 Å². The van der Waals surface area contributed by atoms with E-state index in [4.69, 9.17) is 28.0 Å². The molecule has 0 bridgehead atoms. The monoisotopic (exact) mass is 488 g/mol. The second-order valence-electron chi connectivity index (χ2n) is 5.64. The molecule has 0 amide bonds. The highest BCUT2D eigenvalue weighted by molar-refractivity contribution is 9.10. The second-order valence-corrected chi connectivity index (χ2v) is 7.31. The number of nitrogens with zero attached hydrogens (tertiary/aromatic N) is 1. The molecule has 0 aromatic heterocycles. The Morgan fingerprint density at radius 2 is 1.74 bits per heavy atom. The topological polar surface area (TPSA) is 33.6 Å². The fraction of sp³-hybridized carbons (Fsp3) is 0.188. The van der Waals surface area contributed by atoms with Crippen LogP contribution in [0.5, 0.6) is 0 Å². The predicted molar refractivity (Wildman–Crippen MR) is 95.0 cm³/mol. The lowest BCUT2D eigenvalue weighted by Gasteiger charge is -2.29. The van der Waals surface area contributed by atoms with Crippen LogP contribution in [-0.2, 0) is 10.4 Å².